The minimum atomic E-state index is -0.681. The molecule has 1 aliphatic rings. The van der Waals surface area contributed by atoms with Gasteiger partial charge < -0.3 is 19.1 Å². The van der Waals surface area contributed by atoms with E-state index in [1.807, 2.05) is 4.90 Å². The smallest absolute Gasteiger partial charge is 0.332 e. The van der Waals surface area contributed by atoms with Crippen molar-refractivity contribution in [2.24, 2.45) is 0 Å². The van der Waals surface area contributed by atoms with Gasteiger partial charge in [-0.2, -0.15) is 0 Å². The number of benzene rings is 1. The van der Waals surface area contributed by atoms with Crippen LogP contribution in [0, 0.1) is 0 Å². The highest BCUT2D eigenvalue weighted by Crippen LogP contribution is 2.28. The standard InChI is InChI=1S/C21H24N6O6/c1-31-17-4-3-15(9-18(17)32-2)27-6-5-26(21(27)29)13-16-12-25(7-8-33-16)20-22-10-14(11-23-20)19(28)24-30/h3-6,9-11,16,30H,7-8,12-13H2,1-2H3,(H,24,28). The Morgan fingerprint density at radius 1 is 1.21 bits per heavy atom. The highest BCUT2D eigenvalue weighted by molar-refractivity contribution is 5.92. The molecule has 174 valence electrons. The molecular weight excluding hydrogens is 432 g/mol. The molecule has 2 aromatic heterocycles. The van der Waals surface area contributed by atoms with E-state index in [1.54, 1.807) is 54.9 Å². The van der Waals surface area contributed by atoms with Crippen LogP contribution in [0.25, 0.3) is 5.69 Å². The maximum Gasteiger partial charge on any atom is 0.332 e. The third kappa shape index (κ3) is 4.66. The van der Waals surface area contributed by atoms with Crippen LogP contribution in [-0.4, -0.2) is 70.2 Å². The minimum Gasteiger partial charge on any atom is -0.493 e. The zero-order valence-electron chi connectivity index (χ0n) is 18.2. The molecule has 1 amide bonds. The van der Waals surface area contributed by atoms with Crippen molar-refractivity contribution in [3.05, 3.63) is 59.0 Å². The fourth-order valence-corrected chi connectivity index (χ4v) is 3.62. The molecule has 33 heavy (non-hydrogen) atoms. The van der Waals surface area contributed by atoms with Gasteiger partial charge in [-0.3, -0.25) is 19.1 Å². The molecule has 3 aromatic rings. The number of rotatable bonds is 7. The Balaban J connectivity index is 1.47. The van der Waals surface area contributed by atoms with Crippen LogP contribution < -0.4 is 25.5 Å². The molecule has 1 aromatic carbocycles. The first-order chi connectivity index (χ1) is 16.0. The number of methoxy groups -OCH3 is 2. The molecule has 0 spiro atoms. The van der Waals surface area contributed by atoms with Crippen molar-refractivity contribution in [2.45, 2.75) is 12.6 Å². The maximum absolute atomic E-state index is 13.0. The van der Waals surface area contributed by atoms with Gasteiger partial charge in [0.15, 0.2) is 11.5 Å². The minimum absolute atomic E-state index is 0.147. The van der Waals surface area contributed by atoms with Crippen molar-refractivity contribution in [2.75, 3.05) is 38.8 Å². The Labute approximate surface area is 188 Å². The van der Waals surface area contributed by atoms with Gasteiger partial charge in [-0.05, 0) is 12.1 Å². The summed E-state index contributed by atoms with van der Waals surface area (Å²) in [6, 6.07) is 5.26. The summed E-state index contributed by atoms with van der Waals surface area (Å²) in [5.74, 6) is 0.868. The highest BCUT2D eigenvalue weighted by atomic mass is 16.5. The molecule has 0 bridgehead atoms. The Hall–Kier alpha value is -3.90. The molecule has 12 nitrogen and oxygen atoms in total. The Morgan fingerprint density at radius 2 is 1.97 bits per heavy atom. The van der Waals surface area contributed by atoms with E-state index in [0.717, 1.165) is 0 Å². The molecule has 4 rings (SSSR count). The number of ether oxygens (including phenoxy) is 3. The second-order valence-electron chi connectivity index (χ2n) is 7.29. The molecule has 1 fully saturated rings. The molecule has 0 saturated carbocycles. The summed E-state index contributed by atoms with van der Waals surface area (Å²) in [5.41, 5.74) is 2.14. The largest absolute Gasteiger partial charge is 0.493 e. The topological polar surface area (TPSA) is 133 Å². The van der Waals surface area contributed by atoms with Gasteiger partial charge in [0.25, 0.3) is 5.91 Å². The van der Waals surface area contributed by atoms with Gasteiger partial charge in [0, 0.05) is 43.9 Å². The van der Waals surface area contributed by atoms with E-state index < -0.39 is 5.91 Å². The van der Waals surface area contributed by atoms with E-state index in [1.165, 1.54) is 17.0 Å². The lowest BCUT2D eigenvalue weighted by atomic mass is 10.2. The lowest BCUT2D eigenvalue weighted by Crippen LogP contribution is -2.46. The third-order valence-corrected chi connectivity index (χ3v) is 5.32. The second kappa shape index (κ2) is 9.71. The van der Waals surface area contributed by atoms with Gasteiger partial charge in [-0.1, -0.05) is 0 Å². The van der Waals surface area contributed by atoms with E-state index in [-0.39, 0.29) is 17.4 Å². The summed E-state index contributed by atoms with van der Waals surface area (Å²) in [5, 5.41) is 8.70. The molecule has 0 radical (unpaired) electrons. The number of hydrogen-bond donors (Lipinski definition) is 2. The van der Waals surface area contributed by atoms with Crippen LogP contribution in [-0.2, 0) is 11.3 Å². The molecule has 0 aliphatic carbocycles. The average Bonchev–Trinajstić information content (AvgIpc) is 3.23. The first-order valence-corrected chi connectivity index (χ1v) is 10.2. The van der Waals surface area contributed by atoms with Crippen molar-refractivity contribution >= 4 is 11.9 Å². The summed E-state index contributed by atoms with van der Waals surface area (Å²) < 4.78 is 19.5. The molecule has 1 unspecified atom stereocenters. The monoisotopic (exact) mass is 456 g/mol. The van der Waals surface area contributed by atoms with Crippen LogP contribution in [0.15, 0.2) is 47.8 Å². The summed E-state index contributed by atoms with van der Waals surface area (Å²) in [7, 11) is 3.10. The van der Waals surface area contributed by atoms with Crippen LogP contribution in [0.5, 0.6) is 11.5 Å². The van der Waals surface area contributed by atoms with Crippen molar-refractivity contribution in [1.82, 2.24) is 24.6 Å². The number of hydroxylamine groups is 1. The number of morpholine rings is 1. The second-order valence-corrected chi connectivity index (χ2v) is 7.29. The number of nitrogens with zero attached hydrogens (tertiary/aromatic N) is 5. The van der Waals surface area contributed by atoms with Crippen LogP contribution in [0.2, 0.25) is 0 Å². The highest BCUT2D eigenvalue weighted by Gasteiger charge is 2.24. The first-order valence-electron chi connectivity index (χ1n) is 10.2. The normalized spacial score (nSPS) is 15.8. The Kier molecular flexibility index (Phi) is 6.56. The molecule has 12 heteroatoms. The SMILES string of the molecule is COc1ccc(-n2ccn(CC3CN(c4ncc(C(=O)NO)cn4)CCO3)c2=O)cc1OC. The van der Waals surface area contributed by atoms with Crippen LogP contribution in [0.3, 0.4) is 0 Å². The van der Waals surface area contributed by atoms with Gasteiger partial charge in [0.05, 0.1) is 44.7 Å². The summed E-state index contributed by atoms with van der Waals surface area (Å²) in [6.07, 6.45) is 5.82. The van der Waals surface area contributed by atoms with Gasteiger partial charge in [-0.25, -0.2) is 20.2 Å². The van der Waals surface area contributed by atoms with E-state index in [0.29, 0.717) is 49.4 Å². The lowest BCUT2D eigenvalue weighted by Gasteiger charge is -2.32. The molecule has 3 heterocycles. The maximum atomic E-state index is 13.0. The van der Waals surface area contributed by atoms with E-state index in [2.05, 4.69) is 9.97 Å². The van der Waals surface area contributed by atoms with Crippen molar-refractivity contribution < 1.29 is 24.2 Å². The summed E-state index contributed by atoms with van der Waals surface area (Å²) >= 11 is 0. The number of amides is 1. The van der Waals surface area contributed by atoms with Crippen molar-refractivity contribution in [1.29, 1.82) is 0 Å². The van der Waals surface area contributed by atoms with Crippen LogP contribution in [0.4, 0.5) is 5.95 Å². The van der Waals surface area contributed by atoms with Crippen molar-refractivity contribution in [3.8, 4) is 17.2 Å². The first kappa shape index (κ1) is 22.3. The van der Waals surface area contributed by atoms with Gasteiger partial charge in [-0.15, -0.1) is 0 Å². The zero-order chi connectivity index (χ0) is 23.4. The van der Waals surface area contributed by atoms with Gasteiger partial charge >= 0.3 is 5.69 Å². The molecule has 1 saturated heterocycles. The molecule has 1 atom stereocenters. The third-order valence-electron chi connectivity index (χ3n) is 5.32. The quantitative estimate of drug-likeness (QED) is 0.384. The van der Waals surface area contributed by atoms with E-state index in [9.17, 15) is 9.59 Å². The average molecular weight is 456 g/mol. The number of carbonyl (C=O) groups is 1. The van der Waals surface area contributed by atoms with Crippen LogP contribution >= 0.6 is 0 Å². The molecular formula is C21H24N6O6. The predicted octanol–water partition coefficient (Wildman–Crippen LogP) is 0.471. The van der Waals surface area contributed by atoms with Gasteiger partial charge in [0.1, 0.15) is 0 Å². The predicted molar refractivity (Wildman–Crippen MR) is 116 cm³/mol. The summed E-state index contributed by atoms with van der Waals surface area (Å²) in [6.45, 7) is 1.84. The Bertz CT molecular complexity index is 1170. The summed E-state index contributed by atoms with van der Waals surface area (Å²) in [4.78, 5) is 34.7. The number of hydrogen-bond acceptors (Lipinski definition) is 9. The van der Waals surface area contributed by atoms with Crippen molar-refractivity contribution in [3.63, 3.8) is 0 Å². The van der Waals surface area contributed by atoms with E-state index >= 15 is 0 Å². The fraction of sp³-hybridized carbons (Fsp3) is 0.333. The fourth-order valence-electron chi connectivity index (χ4n) is 3.62. The number of anilines is 1. The van der Waals surface area contributed by atoms with Gasteiger partial charge in [0.2, 0.25) is 5.95 Å². The molecule has 2 N–H and O–H groups in total. The zero-order valence-corrected chi connectivity index (χ0v) is 18.2. The number of nitrogens with one attached hydrogen (secondary N) is 1. The Morgan fingerprint density at radius 3 is 2.67 bits per heavy atom. The number of carbonyl (C=O) groups excluding carboxylic acids is 1. The van der Waals surface area contributed by atoms with E-state index in [4.69, 9.17) is 19.4 Å². The molecule has 1 aliphatic heterocycles. The number of aromatic nitrogens is 4. The van der Waals surface area contributed by atoms with Crippen LogP contribution in [0.1, 0.15) is 10.4 Å². The number of imidazole rings is 1. The lowest BCUT2D eigenvalue weighted by molar-refractivity contribution is 0.0284.